The van der Waals surface area contributed by atoms with E-state index in [1.54, 1.807) is 7.11 Å². The number of ketones is 1. The number of aromatic nitrogens is 1. The van der Waals surface area contributed by atoms with Gasteiger partial charge in [0, 0.05) is 5.56 Å². The van der Waals surface area contributed by atoms with E-state index in [0.717, 1.165) is 26.7 Å². The van der Waals surface area contributed by atoms with Crippen molar-refractivity contribution in [1.29, 1.82) is 0 Å². The lowest BCUT2D eigenvalue weighted by Crippen LogP contribution is -2.00. The number of ether oxygens (including phenoxy) is 1. The zero-order valence-electron chi connectivity index (χ0n) is 12.4. The summed E-state index contributed by atoms with van der Waals surface area (Å²) in [6.45, 7) is 0. The molecule has 23 heavy (non-hydrogen) atoms. The van der Waals surface area contributed by atoms with Crippen molar-refractivity contribution >= 4 is 38.1 Å². The number of carbonyl (C=O) groups excluding carboxylic acids is 1. The van der Waals surface area contributed by atoms with Crippen molar-refractivity contribution in [2.45, 2.75) is 0 Å². The van der Waals surface area contributed by atoms with E-state index in [1.807, 2.05) is 60.7 Å². The second kappa shape index (κ2) is 5.48. The minimum atomic E-state index is -0.0454. The van der Waals surface area contributed by atoms with Crippen LogP contribution >= 0.6 is 11.3 Å². The number of hydrogen-bond acceptors (Lipinski definition) is 4. The molecule has 0 spiro atoms. The van der Waals surface area contributed by atoms with Crippen molar-refractivity contribution in [2.75, 3.05) is 7.11 Å². The Bertz CT molecular complexity index is 1040. The van der Waals surface area contributed by atoms with Crippen LogP contribution in [-0.2, 0) is 0 Å². The highest BCUT2D eigenvalue weighted by molar-refractivity contribution is 7.20. The molecule has 0 aliphatic rings. The molecule has 4 aromatic rings. The van der Waals surface area contributed by atoms with Gasteiger partial charge in [0.1, 0.15) is 5.75 Å². The maximum absolute atomic E-state index is 12.7. The Morgan fingerprint density at radius 2 is 1.83 bits per heavy atom. The summed E-state index contributed by atoms with van der Waals surface area (Å²) in [5.41, 5.74) is 1.48. The Morgan fingerprint density at radius 1 is 1.00 bits per heavy atom. The quantitative estimate of drug-likeness (QED) is 0.514. The van der Waals surface area contributed by atoms with Crippen molar-refractivity contribution in [3.8, 4) is 5.75 Å². The fourth-order valence-corrected chi connectivity index (χ4v) is 3.54. The average molecular weight is 319 g/mol. The third-order valence-electron chi connectivity index (χ3n) is 3.80. The first-order chi connectivity index (χ1) is 11.2. The molecule has 0 bridgehead atoms. The van der Waals surface area contributed by atoms with Crippen LogP contribution in [0.4, 0.5) is 0 Å². The molecule has 0 saturated heterocycles. The minimum absolute atomic E-state index is 0.0454. The first-order valence-corrected chi connectivity index (χ1v) is 8.04. The molecule has 0 aliphatic carbocycles. The molecular weight excluding hydrogens is 306 g/mol. The first kappa shape index (κ1) is 13.9. The maximum Gasteiger partial charge on any atom is 0.221 e. The minimum Gasteiger partial charge on any atom is -0.497 e. The van der Waals surface area contributed by atoms with Crippen molar-refractivity contribution in [3.05, 3.63) is 71.2 Å². The van der Waals surface area contributed by atoms with Gasteiger partial charge < -0.3 is 4.74 Å². The third-order valence-corrected chi connectivity index (χ3v) is 4.82. The molecule has 112 valence electrons. The summed E-state index contributed by atoms with van der Waals surface area (Å²) in [6, 6.07) is 19.4. The lowest BCUT2D eigenvalue weighted by molar-refractivity contribution is 0.103. The van der Waals surface area contributed by atoms with Gasteiger partial charge in [0.05, 0.1) is 17.3 Å². The van der Waals surface area contributed by atoms with Crippen LogP contribution in [-0.4, -0.2) is 17.9 Å². The number of fused-ring (bicyclic) bond motifs is 2. The highest BCUT2D eigenvalue weighted by Gasteiger charge is 2.15. The molecule has 0 amide bonds. The van der Waals surface area contributed by atoms with Crippen LogP contribution in [0.3, 0.4) is 0 Å². The summed E-state index contributed by atoms with van der Waals surface area (Å²) in [7, 11) is 1.63. The molecule has 0 atom stereocenters. The molecule has 0 saturated carbocycles. The average Bonchev–Trinajstić information content (AvgIpc) is 3.03. The van der Waals surface area contributed by atoms with Crippen LogP contribution in [0.25, 0.3) is 21.0 Å². The molecule has 0 unspecified atom stereocenters. The van der Waals surface area contributed by atoms with Crippen LogP contribution in [0.5, 0.6) is 5.75 Å². The molecule has 0 aliphatic heterocycles. The number of nitrogens with zero attached hydrogens (tertiary/aromatic N) is 1. The van der Waals surface area contributed by atoms with E-state index >= 15 is 0 Å². The van der Waals surface area contributed by atoms with Crippen molar-refractivity contribution in [3.63, 3.8) is 0 Å². The van der Waals surface area contributed by atoms with E-state index in [-0.39, 0.29) is 5.78 Å². The Morgan fingerprint density at radius 3 is 2.65 bits per heavy atom. The summed E-state index contributed by atoms with van der Waals surface area (Å²) in [5, 5.41) is 2.68. The van der Waals surface area contributed by atoms with E-state index in [0.29, 0.717) is 10.6 Å². The Hall–Kier alpha value is -2.72. The van der Waals surface area contributed by atoms with E-state index in [2.05, 4.69) is 4.98 Å². The van der Waals surface area contributed by atoms with Gasteiger partial charge in [-0.3, -0.25) is 4.79 Å². The summed E-state index contributed by atoms with van der Waals surface area (Å²) in [4.78, 5) is 17.2. The van der Waals surface area contributed by atoms with Crippen molar-refractivity contribution in [1.82, 2.24) is 4.98 Å². The lowest BCUT2D eigenvalue weighted by atomic mass is 10.0. The summed E-state index contributed by atoms with van der Waals surface area (Å²) < 4.78 is 6.17. The lowest BCUT2D eigenvalue weighted by Gasteiger charge is -2.01. The van der Waals surface area contributed by atoms with Crippen LogP contribution in [0, 0.1) is 0 Å². The van der Waals surface area contributed by atoms with Gasteiger partial charge in [0.25, 0.3) is 0 Å². The van der Waals surface area contributed by atoms with Gasteiger partial charge in [0.2, 0.25) is 5.78 Å². The molecule has 0 N–H and O–H groups in total. The highest BCUT2D eigenvalue weighted by Crippen LogP contribution is 2.28. The Labute approximate surface area is 137 Å². The van der Waals surface area contributed by atoms with E-state index in [1.165, 1.54) is 11.3 Å². The largest absolute Gasteiger partial charge is 0.497 e. The Balaban J connectivity index is 1.77. The molecule has 3 aromatic carbocycles. The predicted octanol–water partition coefficient (Wildman–Crippen LogP) is 4.69. The zero-order chi connectivity index (χ0) is 15.8. The fraction of sp³-hybridized carbons (Fsp3) is 0.0526. The van der Waals surface area contributed by atoms with Crippen molar-refractivity contribution < 1.29 is 9.53 Å². The van der Waals surface area contributed by atoms with Gasteiger partial charge >= 0.3 is 0 Å². The van der Waals surface area contributed by atoms with Gasteiger partial charge in [-0.2, -0.15) is 0 Å². The van der Waals surface area contributed by atoms with Gasteiger partial charge in [0.15, 0.2) is 5.01 Å². The molecule has 0 fully saturated rings. The number of rotatable bonds is 3. The topological polar surface area (TPSA) is 39.2 Å². The molecular formula is C19H13NO2S. The molecule has 4 rings (SSSR count). The van der Waals surface area contributed by atoms with Crippen LogP contribution in [0.2, 0.25) is 0 Å². The molecule has 1 heterocycles. The first-order valence-electron chi connectivity index (χ1n) is 7.23. The molecule has 0 radical (unpaired) electrons. The number of carbonyl (C=O) groups is 1. The second-order valence-corrected chi connectivity index (χ2v) is 6.27. The molecule has 1 aromatic heterocycles. The molecule has 3 nitrogen and oxygen atoms in total. The summed E-state index contributed by atoms with van der Waals surface area (Å²) >= 11 is 1.39. The second-order valence-electron chi connectivity index (χ2n) is 5.24. The monoisotopic (exact) mass is 319 g/mol. The standard InChI is InChI=1S/C19H13NO2S/c1-22-15-8-9-16-17(11-15)23-19(20-16)18(21)14-7-6-12-4-2-3-5-13(12)10-14/h2-11H,1H3. The van der Waals surface area contributed by atoms with Crippen LogP contribution in [0.15, 0.2) is 60.7 Å². The van der Waals surface area contributed by atoms with Gasteiger partial charge in [-0.15, -0.1) is 11.3 Å². The smallest absolute Gasteiger partial charge is 0.221 e. The van der Waals surface area contributed by atoms with Crippen molar-refractivity contribution in [2.24, 2.45) is 0 Å². The van der Waals surface area contributed by atoms with Gasteiger partial charge in [-0.05, 0) is 35.0 Å². The normalized spacial score (nSPS) is 11.0. The Kier molecular flexibility index (Phi) is 3.32. The summed E-state index contributed by atoms with van der Waals surface area (Å²) in [6.07, 6.45) is 0. The summed E-state index contributed by atoms with van der Waals surface area (Å²) in [5.74, 6) is 0.724. The maximum atomic E-state index is 12.7. The van der Waals surface area contributed by atoms with E-state index < -0.39 is 0 Å². The number of benzene rings is 3. The highest BCUT2D eigenvalue weighted by atomic mass is 32.1. The fourth-order valence-electron chi connectivity index (χ4n) is 2.58. The molecule has 4 heteroatoms. The predicted molar refractivity (Wildman–Crippen MR) is 93.6 cm³/mol. The zero-order valence-corrected chi connectivity index (χ0v) is 13.3. The number of thiazole rings is 1. The SMILES string of the molecule is COc1ccc2nc(C(=O)c3ccc4ccccc4c3)sc2c1. The third kappa shape index (κ3) is 2.47. The van der Waals surface area contributed by atoms with E-state index in [4.69, 9.17) is 4.74 Å². The van der Waals surface area contributed by atoms with E-state index in [9.17, 15) is 4.79 Å². The number of hydrogen-bond donors (Lipinski definition) is 0. The van der Waals surface area contributed by atoms with Crippen LogP contribution < -0.4 is 4.74 Å². The number of methoxy groups -OCH3 is 1. The van der Waals surface area contributed by atoms with Crippen LogP contribution in [0.1, 0.15) is 15.4 Å². The van der Waals surface area contributed by atoms with Gasteiger partial charge in [-0.25, -0.2) is 4.98 Å². The van der Waals surface area contributed by atoms with Gasteiger partial charge in [-0.1, -0.05) is 36.4 Å².